The molecule has 58 valence electrons. The van der Waals surface area contributed by atoms with Crippen LogP contribution < -0.4 is 5.32 Å². The van der Waals surface area contributed by atoms with Crippen molar-refractivity contribution >= 4 is 0 Å². The molecule has 0 aromatic carbocycles. The minimum Gasteiger partial charge on any atom is -0.316 e. The molecule has 0 aromatic heterocycles. The van der Waals surface area contributed by atoms with E-state index in [4.69, 9.17) is 0 Å². The van der Waals surface area contributed by atoms with Crippen LogP contribution in [0.2, 0.25) is 0 Å². The van der Waals surface area contributed by atoms with Gasteiger partial charge in [-0.1, -0.05) is 34.6 Å². The average Bonchev–Trinajstić information content (AvgIpc) is 1.93. The summed E-state index contributed by atoms with van der Waals surface area (Å²) < 4.78 is 0. The Morgan fingerprint density at radius 2 is 1.22 bits per heavy atom. The molecule has 1 nitrogen and oxygen atoms in total. The SMILES string of the molecule is CC.CC.CC1CNC1. The molecule has 1 rings (SSSR count). The van der Waals surface area contributed by atoms with E-state index < -0.39 is 0 Å². The minimum absolute atomic E-state index is 0.954. The molecule has 1 saturated heterocycles. The maximum atomic E-state index is 3.16. The molecule has 0 saturated carbocycles. The second-order valence-electron chi connectivity index (χ2n) is 1.76. The van der Waals surface area contributed by atoms with E-state index in [1.807, 2.05) is 27.7 Å². The zero-order valence-corrected chi connectivity index (χ0v) is 7.49. The topological polar surface area (TPSA) is 12.0 Å². The molecule has 0 aromatic rings. The number of hydrogen-bond donors (Lipinski definition) is 1. The highest BCUT2D eigenvalue weighted by atomic mass is 14.9. The Kier molecular flexibility index (Phi) is 14.1. The van der Waals surface area contributed by atoms with Gasteiger partial charge in [0.25, 0.3) is 0 Å². The highest BCUT2D eigenvalue weighted by Gasteiger charge is 2.07. The van der Waals surface area contributed by atoms with Crippen LogP contribution in [0.15, 0.2) is 0 Å². The van der Waals surface area contributed by atoms with Crippen LogP contribution in [-0.2, 0) is 0 Å². The third-order valence-corrected chi connectivity index (χ3v) is 0.986. The Bertz CT molecular complexity index is 31.5. The lowest BCUT2D eigenvalue weighted by atomic mass is 10.1. The molecule has 0 radical (unpaired) electrons. The van der Waals surface area contributed by atoms with E-state index in [9.17, 15) is 0 Å². The first-order chi connectivity index (χ1) is 4.39. The van der Waals surface area contributed by atoms with Gasteiger partial charge in [0, 0.05) is 0 Å². The van der Waals surface area contributed by atoms with Gasteiger partial charge in [0.2, 0.25) is 0 Å². The van der Waals surface area contributed by atoms with E-state index in [1.165, 1.54) is 13.1 Å². The summed E-state index contributed by atoms with van der Waals surface area (Å²) in [6.45, 7) is 12.7. The van der Waals surface area contributed by atoms with E-state index in [1.54, 1.807) is 0 Å². The molecule has 0 unspecified atom stereocenters. The second-order valence-corrected chi connectivity index (χ2v) is 1.76. The molecule has 1 aliphatic rings. The monoisotopic (exact) mass is 131 g/mol. The van der Waals surface area contributed by atoms with Crippen molar-refractivity contribution in [1.82, 2.24) is 5.32 Å². The van der Waals surface area contributed by atoms with Crippen molar-refractivity contribution in [3.63, 3.8) is 0 Å². The Labute approximate surface area is 59.8 Å². The molecule has 1 heteroatoms. The molecule has 1 N–H and O–H groups in total. The minimum atomic E-state index is 0.954. The van der Waals surface area contributed by atoms with Crippen LogP contribution in [0.3, 0.4) is 0 Å². The molecular formula is C8H21N. The first-order valence-corrected chi connectivity index (χ1v) is 4.10. The van der Waals surface area contributed by atoms with Gasteiger partial charge in [-0.15, -0.1) is 0 Å². The van der Waals surface area contributed by atoms with Crippen LogP contribution in [0.4, 0.5) is 0 Å². The highest BCUT2D eigenvalue weighted by Crippen LogP contribution is 1.96. The van der Waals surface area contributed by atoms with Gasteiger partial charge in [0.15, 0.2) is 0 Å². The number of nitrogens with one attached hydrogen (secondary N) is 1. The van der Waals surface area contributed by atoms with E-state index >= 15 is 0 Å². The summed E-state index contributed by atoms with van der Waals surface area (Å²) in [7, 11) is 0. The van der Waals surface area contributed by atoms with Crippen molar-refractivity contribution < 1.29 is 0 Å². The van der Waals surface area contributed by atoms with Gasteiger partial charge in [0.1, 0.15) is 0 Å². The van der Waals surface area contributed by atoms with Crippen LogP contribution in [0.1, 0.15) is 34.6 Å². The van der Waals surface area contributed by atoms with Gasteiger partial charge in [-0.3, -0.25) is 0 Å². The lowest BCUT2D eigenvalue weighted by Crippen LogP contribution is -2.39. The lowest BCUT2D eigenvalue weighted by Gasteiger charge is -2.21. The van der Waals surface area contributed by atoms with Crippen molar-refractivity contribution in [2.24, 2.45) is 5.92 Å². The molecule has 0 atom stereocenters. The molecule has 1 aliphatic heterocycles. The van der Waals surface area contributed by atoms with Crippen LogP contribution >= 0.6 is 0 Å². The van der Waals surface area contributed by atoms with E-state index in [0.717, 1.165) is 5.92 Å². The van der Waals surface area contributed by atoms with Crippen molar-refractivity contribution in [2.75, 3.05) is 13.1 Å². The van der Waals surface area contributed by atoms with Crippen LogP contribution in [-0.4, -0.2) is 13.1 Å². The largest absolute Gasteiger partial charge is 0.316 e. The van der Waals surface area contributed by atoms with Crippen molar-refractivity contribution in [3.05, 3.63) is 0 Å². The molecule has 1 fully saturated rings. The summed E-state index contributed by atoms with van der Waals surface area (Å²) >= 11 is 0. The molecule has 0 spiro atoms. The normalized spacial score (nSPS) is 15.7. The third kappa shape index (κ3) is 7.96. The predicted molar refractivity (Wildman–Crippen MR) is 44.7 cm³/mol. The zero-order valence-electron chi connectivity index (χ0n) is 7.49. The summed E-state index contributed by atoms with van der Waals surface area (Å²) in [6, 6.07) is 0. The summed E-state index contributed by atoms with van der Waals surface area (Å²) in [5, 5.41) is 3.16. The Hall–Kier alpha value is -0.0400. The maximum Gasteiger partial charge on any atom is -0.00109 e. The van der Waals surface area contributed by atoms with E-state index in [-0.39, 0.29) is 0 Å². The van der Waals surface area contributed by atoms with Crippen molar-refractivity contribution in [3.8, 4) is 0 Å². The number of hydrogen-bond acceptors (Lipinski definition) is 1. The van der Waals surface area contributed by atoms with E-state index in [0.29, 0.717) is 0 Å². The van der Waals surface area contributed by atoms with Crippen LogP contribution in [0.5, 0.6) is 0 Å². The smallest absolute Gasteiger partial charge is 0.00109 e. The quantitative estimate of drug-likeness (QED) is 0.532. The molecule has 0 bridgehead atoms. The standard InChI is InChI=1S/C4H9N.2C2H6/c1-4-2-5-3-4;2*1-2/h4-5H,2-3H2,1H3;2*1-2H3. The Morgan fingerprint density at radius 1 is 1.00 bits per heavy atom. The fourth-order valence-electron chi connectivity index (χ4n) is 0.433. The molecule has 0 aliphatic carbocycles. The van der Waals surface area contributed by atoms with Gasteiger partial charge in [-0.2, -0.15) is 0 Å². The first kappa shape index (κ1) is 11.7. The van der Waals surface area contributed by atoms with E-state index in [2.05, 4.69) is 12.2 Å². The molecule has 0 amide bonds. The predicted octanol–water partition coefficient (Wildman–Crippen LogP) is 2.28. The highest BCUT2D eigenvalue weighted by molar-refractivity contribution is 4.68. The molecule has 1 heterocycles. The van der Waals surface area contributed by atoms with Crippen LogP contribution in [0, 0.1) is 5.92 Å². The van der Waals surface area contributed by atoms with Crippen molar-refractivity contribution in [2.45, 2.75) is 34.6 Å². The lowest BCUT2D eigenvalue weighted by molar-refractivity contribution is 0.379. The molecular weight excluding hydrogens is 110 g/mol. The summed E-state index contributed by atoms with van der Waals surface area (Å²) in [4.78, 5) is 0. The summed E-state index contributed by atoms with van der Waals surface area (Å²) in [5.74, 6) is 0.954. The van der Waals surface area contributed by atoms with Gasteiger partial charge in [-0.05, 0) is 19.0 Å². The first-order valence-electron chi connectivity index (χ1n) is 4.10. The average molecular weight is 131 g/mol. The zero-order chi connectivity index (χ0) is 7.70. The summed E-state index contributed by atoms with van der Waals surface area (Å²) in [6.07, 6.45) is 0. The molecule has 9 heavy (non-hydrogen) atoms. The second kappa shape index (κ2) is 10.9. The Balaban J connectivity index is 0. The van der Waals surface area contributed by atoms with Gasteiger partial charge >= 0.3 is 0 Å². The van der Waals surface area contributed by atoms with Crippen LogP contribution in [0.25, 0.3) is 0 Å². The number of rotatable bonds is 0. The van der Waals surface area contributed by atoms with Gasteiger partial charge in [0.05, 0.1) is 0 Å². The van der Waals surface area contributed by atoms with Gasteiger partial charge in [-0.25, -0.2) is 0 Å². The fourth-order valence-corrected chi connectivity index (χ4v) is 0.433. The summed E-state index contributed by atoms with van der Waals surface area (Å²) in [5.41, 5.74) is 0. The van der Waals surface area contributed by atoms with Gasteiger partial charge < -0.3 is 5.32 Å². The fraction of sp³-hybridized carbons (Fsp3) is 1.00. The maximum absolute atomic E-state index is 3.16. The Morgan fingerprint density at radius 3 is 1.22 bits per heavy atom. The third-order valence-electron chi connectivity index (χ3n) is 0.986. The van der Waals surface area contributed by atoms with Crippen molar-refractivity contribution in [1.29, 1.82) is 0 Å².